The number of benzene rings is 2. The Hall–Kier alpha value is -2.21. The van der Waals surface area contributed by atoms with Crippen LogP contribution >= 0.6 is 0 Å². The molecule has 1 amide bonds. The summed E-state index contributed by atoms with van der Waals surface area (Å²) < 4.78 is 0. The van der Waals surface area contributed by atoms with Crippen molar-refractivity contribution >= 4 is 6.41 Å². The van der Waals surface area contributed by atoms with Crippen LogP contribution in [0.4, 0.5) is 0 Å². The highest BCUT2D eigenvalue weighted by atomic mass is 16.1. The van der Waals surface area contributed by atoms with Crippen molar-refractivity contribution in [2.75, 3.05) is 52.4 Å². The van der Waals surface area contributed by atoms with Crippen molar-refractivity contribution in [3.63, 3.8) is 0 Å². The van der Waals surface area contributed by atoms with E-state index in [1.807, 2.05) is 0 Å². The molecule has 2 aromatic rings. The van der Waals surface area contributed by atoms with Crippen molar-refractivity contribution in [2.45, 2.75) is 44.8 Å². The molecule has 2 aromatic carbocycles. The molecule has 0 radical (unpaired) electrons. The molecule has 0 bridgehead atoms. The summed E-state index contributed by atoms with van der Waals surface area (Å²) in [5, 5.41) is 0. The highest BCUT2D eigenvalue weighted by Crippen LogP contribution is 2.45. The molecule has 5 rings (SSSR count). The average molecular weight is 475 g/mol. The van der Waals surface area contributed by atoms with Crippen molar-refractivity contribution in [3.8, 4) is 0 Å². The fourth-order valence-corrected chi connectivity index (χ4v) is 6.32. The normalized spacial score (nSPS) is 26.7. The molecule has 2 saturated heterocycles. The second-order valence-corrected chi connectivity index (χ2v) is 11.7. The van der Waals surface area contributed by atoms with E-state index in [9.17, 15) is 4.79 Å². The maximum atomic E-state index is 11.8. The number of hydrogen-bond acceptors (Lipinski definition) is 4. The van der Waals surface area contributed by atoms with Crippen LogP contribution in [0.5, 0.6) is 0 Å². The summed E-state index contributed by atoms with van der Waals surface area (Å²) in [7, 11) is 0. The molecule has 1 aliphatic carbocycles. The number of hydrogen-bond donors (Lipinski definition) is 0. The lowest BCUT2D eigenvalue weighted by molar-refractivity contribution is -0.124. The predicted molar refractivity (Wildman–Crippen MR) is 142 cm³/mol. The molecule has 5 nitrogen and oxygen atoms in total. The number of carbonyl (C=O) groups excluding carboxylic acids is 1. The third-order valence-corrected chi connectivity index (χ3v) is 8.51. The number of carbonyl (C=O) groups is 1. The summed E-state index contributed by atoms with van der Waals surface area (Å²) in [6.07, 6.45) is 2.37. The summed E-state index contributed by atoms with van der Waals surface area (Å²) in [5.41, 5.74) is 2.93. The fourth-order valence-electron chi connectivity index (χ4n) is 6.32. The largest absolute Gasteiger partial charge is 0.339 e. The summed E-state index contributed by atoms with van der Waals surface area (Å²) in [4.78, 5) is 21.8. The third kappa shape index (κ3) is 5.63. The predicted octanol–water partition coefficient (Wildman–Crippen LogP) is 3.97. The molecule has 0 N–H and O–H groups in total. The summed E-state index contributed by atoms with van der Waals surface area (Å²) in [6, 6.07) is 22.6. The molecule has 0 aromatic heterocycles. The Morgan fingerprint density at radius 2 is 1.46 bits per heavy atom. The van der Waals surface area contributed by atoms with E-state index in [0.29, 0.717) is 18.0 Å². The Labute approximate surface area is 211 Å². The molecule has 0 spiro atoms. The Morgan fingerprint density at radius 1 is 0.857 bits per heavy atom. The Balaban J connectivity index is 1.18. The average Bonchev–Trinajstić information content (AvgIpc) is 3.64. The van der Waals surface area contributed by atoms with Gasteiger partial charge in [0.25, 0.3) is 0 Å². The smallest absolute Gasteiger partial charge is 0.210 e. The molecule has 1 saturated carbocycles. The van der Waals surface area contributed by atoms with Crippen LogP contribution in [0.15, 0.2) is 60.7 Å². The third-order valence-electron chi connectivity index (χ3n) is 8.51. The van der Waals surface area contributed by atoms with E-state index < -0.39 is 0 Å². The lowest BCUT2D eigenvalue weighted by atomic mass is 9.96. The zero-order valence-corrected chi connectivity index (χ0v) is 21.7. The van der Waals surface area contributed by atoms with Crippen LogP contribution in [-0.2, 0) is 4.79 Å². The fraction of sp³-hybridized carbons (Fsp3) is 0.567. The maximum absolute atomic E-state index is 11.8. The molecule has 5 heteroatoms. The minimum Gasteiger partial charge on any atom is -0.339 e. The van der Waals surface area contributed by atoms with Gasteiger partial charge in [-0.2, -0.15) is 0 Å². The van der Waals surface area contributed by atoms with Gasteiger partial charge in [0.15, 0.2) is 0 Å². The molecule has 3 fully saturated rings. The first-order chi connectivity index (χ1) is 16.9. The van der Waals surface area contributed by atoms with Crippen molar-refractivity contribution in [1.82, 2.24) is 19.6 Å². The Bertz CT molecular complexity index is 912. The molecule has 3 aliphatic rings. The summed E-state index contributed by atoms with van der Waals surface area (Å²) in [5.74, 6) is 1.39. The monoisotopic (exact) mass is 474 g/mol. The van der Waals surface area contributed by atoms with Crippen molar-refractivity contribution in [3.05, 3.63) is 71.8 Å². The maximum Gasteiger partial charge on any atom is 0.210 e. The van der Waals surface area contributed by atoms with Crippen LogP contribution in [0.25, 0.3) is 0 Å². The van der Waals surface area contributed by atoms with E-state index in [2.05, 4.69) is 101 Å². The van der Waals surface area contributed by atoms with Crippen LogP contribution in [0, 0.1) is 11.8 Å². The van der Waals surface area contributed by atoms with Crippen LogP contribution in [0.2, 0.25) is 0 Å². The quantitative estimate of drug-likeness (QED) is 0.568. The molecule has 2 heterocycles. The van der Waals surface area contributed by atoms with E-state index in [1.165, 1.54) is 24.1 Å². The molecule has 3 unspecified atom stereocenters. The number of nitrogens with zero attached hydrogens (tertiary/aromatic N) is 4. The van der Waals surface area contributed by atoms with Crippen LogP contribution < -0.4 is 0 Å². The standard InChI is InChI=1S/C30H42N4O/c1-30(2,3)34-19-18-33(23-35)28(22-34)27-20-26(27)21-31-14-16-32(17-15-31)29(24-10-6-4-7-11-24)25-12-8-5-9-13-25/h4-13,23,26-29H,14-22H2,1-3H3. The van der Waals surface area contributed by atoms with Gasteiger partial charge in [-0.3, -0.25) is 14.6 Å². The van der Waals surface area contributed by atoms with Gasteiger partial charge in [0.05, 0.1) is 6.04 Å². The van der Waals surface area contributed by atoms with Gasteiger partial charge < -0.3 is 9.80 Å². The van der Waals surface area contributed by atoms with E-state index in [0.717, 1.165) is 58.1 Å². The molecule has 35 heavy (non-hydrogen) atoms. The van der Waals surface area contributed by atoms with Crippen LogP contribution in [0.1, 0.15) is 44.4 Å². The van der Waals surface area contributed by atoms with Gasteiger partial charge >= 0.3 is 0 Å². The lowest BCUT2D eigenvalue weighted by Gasteiger charge is -2.46. The van der Waals surface area contributed by atoms with Gasteiger partial charge in [-0.25, -0.2) is 0 Å². The number of amides is 1. The molecule has 188 valence electrons. The van der Waals surface area contributed by atoms with Crippen LogP contribution in [-0.4, -0.2) is 89.9 Å². The number of rotatable bonds is 7. The van der Waals surface area contributed by atoms with Crippen molar-refractivity contribution < 1.29 is 4.79 Å². The minimum atomic E-state index is 0.169. The van der Waals surface area contributed by atoms with E-state index in [4.69, 9.17) is 0 Å². The first kappa shape index (κ1) is 24.5. The van der Waals surface area contributed by atoms with Crippen LogP contribution in [0.3, 0.4) is 0 Å². The molecular formula is C30H42N4O. The first-order valence-corrected chi connectivity index (χ1v) is 13.5. The highest BCUT2D eigenvalue weighted by Gasteiger charge is 2.48. The SMILES string of the molecule is CC(C)(C)N1CCN(C=O)C(C2CC2CN2CCN(C(c3ccccc3)c3ccccc3)CC2)C1. The second kappa shape index (κ2) is 10.4. The van der Waals surface area contributed by atoms with Gasteiger partial charge in [0.2, 0.25) is 6.41 Å². The minimum absolute atomic E-state index is 0.169. The molecular weight excluding hydrogens is 432 g/mol. The lowest BCUT2D eigenvalue weighted by Crippen LogP contribution is -2.58. The van der Waals surface area contributed by atoms with E-state index in [-0.39, 0.29) is 5.54 Å². The zero-order chi connectivity index (χ0) is 24.4. The van der Waals surface area contributed by atoms with Crippen molar-refractivity contribution in [2.24, 2.45) is 11.8 Å². The number of piperazine rings is 2. The van der Waals surface area contributed by atoms with Gasteiger partial charge in [0.1, 0.15) is 0 Å². The van der Waals surface area contributed by atoms with E-state index in [1.54, 1.807) is 0 Å². The van der Waals surface area contributed by atoms with Gasteiger partial charge in [-0.05, 0) is 50.2 Å². The first-order valence-electron chi connectivity index (χ1n) is 13.5. The van der Waals surface area contributed by atoms with Crippen molar-refractivity contribution in [1.29, 1.82) is 0 Å². The topological polar surface area (TPSA) is 30.0 Å². The zero-order valence-electron chi connectivity index (χ0n) is 21.7. The molecule has 3 atom stereocenters. The highest BCUT2D eigenvalue weighted by molar-refractivity contribution is 5.48. The Morgan fingerprint density at radius 3 is 2.00 bits per heavy atom. The van der Waals surface area contributed by atoms with Gasteiger partial charge in [-0.1, -0.05) is 60.7 Å². The Kier molecular flexibility index (Phi) is 7.29. The summed E-state index contributed by atoms with van der Waals surface area (Å²) >= 11 is 0. The van der Waals surface area contributed by atoms with E-state index >= 15 is 0 Å². The van der Waals surface area contributed by atoms with Gasteiger partial charge in [-0.15, -0.1) is 0 Å². The summed E-state index contributed by atoms with van der Waals surface area (Å²) in [6.45, 7) is 15.4. The second-order valence-electron chi connectivity index (χ2n) is 11.7. The van der Waals surface area contributed by atoms with Gasteiger partial charge in [0, 0.05) is 63.9 Å². The molecule has 2 aliphatic heterocycles.